The van der Waals surface area contributed by atoms with Gasteiger partial charge in [-0.25, -0.2) is 4.99 Å². The number of rotatable bonds is 1. The number of para-hydroxylation sites is 1. The lowest BCUT2D eigenvalue weighted by Gasteiger charge is -2.04. The fourth-order valence-electron chi connectivity index (χ4n) is 0.712. The first-order chi connectivity index (χ1) is 6.41. The van der Waals surface area contributed by atoms with E-state index < -0.39 is 9.89 Å². The number of nitrogens with zero attached hydrogens (tertiary/aromatic N) is 1. The monoisotopic (exact) mass is 425 g/mol. The average molecular weight is 425 g/mol. The van der Waals surface area contributed by atoms with Gasteiger partial charge in [-0.15, -0.1) is 0 Å². The first-order valence-corrected chi connectivity index (χ1v) is 5.63. The first-order valence-electron chi connectivity index (χ1n) is 3.47. The van der Waals surface area contributed by atoms with Crippen molar-refractivity contribution in [3.8, 4) is 0 Å². The van der Waals surface area contributed by atoms with E-state index in [1.807, 2.05) is 22.6 Å². The summed E-state index contributed by atoms with van der Waals surface area (Å²) >= 11 is 3.13. The van der Waals surface area contributed by atoms with E-state index in [9.17, 15) is 13.2 Å². The number of aliphatic imine (C=N–C) groups is 1. The van der Waals surface area contributed by atoms with Crippen LogP contribution in [0.5, 0.6) is 0 Å². The van der Waals surface area contributed by atoms with Crippen molar-refractivity contribution in [3.05, 3.63) is 27.8 Å². The Hall–Kier alpha value is 0.140. The number of halogens is 5. The molecule has 1 nitrogen and oxygen atoms in total. The molecular weight excluding hydrogens is 421 g/mol. The van der Waals surface area contributed by atoms with Crippen LogP contribution in [0.4, 0.5) is 18.9 Å². The lowest BCUT2D eigenvalue weighted by atomic mass is 10.3. The highest BCUT2D eigenvalue weighted by atomic mass is 127. The average Bonchev–Trinajstić information content (AvgIpc) is 2.07. The Morgan fingerprint density at radius 2 is 1.79 bits per heavy atom. The van der Waals surface area contributed by atoms with E-state index in [1.54, 1.807) is 24.3 Å². The summed E-state index contributed by atoms with van der Waals surface area (Å²) in [6.45, 7) is 0. The predicted octanol–water partition coefficient (Wildman–Crippen LogP) is 4.32. The Bertz CT molecular complexity index is 360. The summed E-state index contributed by atoms with van der Waals surface area (Å²) in [5.74, 6) is 0. The topological polar surface area (TPSA) is 12.4 Å². The highest BCUT2D eigenvalue weighted by Gasteiger charge is 2.33. The molecular formula is C8H4F3I2N. The Morgan fingerprint density at radius 1 is 1.21 bits per heavy atom. The minimum absolute atomic E-state index is 0.342. The van der Waals surface area contributed by atoms with Crippen LogP contribution in [0.25, 0.3) is 0 Å². The van der Waals surface area contributed by atoms with E-state index in [4.69, 9.17) is 0 Å². The molecule has 0 aliphatic carbocycles. The zero-order chi connectivity index (χ0) is 10.8. The predicted molar refractivity (Wildman–Crippen MR) is 66.3 cm³/mol. The van der Waals surface area contributed by atoms with Gasteiger partial charge in [0.25, 0.3) is 0 Å². The standard InChI is InChI=1S/C8H4F3I2N/c9-8(10,11)7(13)14-6-4-2-1-3-5(6)12/h1-4H. The van der Waals surface area contributed by atoms with E-state index in [2.05, 4.69) is 4.99 Å². The molecule has 0 radical (unpaired) electrons. The molecule has 0 amide bonds. The number of benzene rings is 1. The largest absolute Gasteiger partial charge is 0.439 e. The van der Waals surface area contributed by atoms with Crippen molar-refractivity contribution < 1.29 is 13.2 Å². The summed E-state index contributed by atoms with van der Waals surface area (Å²) in [6.07, 6.45) is -4.36. The molecule has 0 unspecified atom stereocenters. The molecule has 6 heteroatoms. The van der Waals surface area contributed by atoms with Gasteiger partial charge in [-0.3, -0.25) is 0 Å². The third-order valence-electron chi connectivity index (χ3n) is 1.30. The maximum absolute atomic E-state index is 12.1. The number of alkyl halides is 3. The maximum Gasteiger partial charge on any atom is 0.439 e. The van der Waals surface area contributed by atoms with Gasteiger partial charge < -0.3 is 0 Å². The molecule has 0 aliphatic heterocycles. The molecule has 0 bridgehead atoms. The van der Waals surface area contributed by atoms with E-state index in [0.29, 0.717) is 9.26 Å². The van der Waals surface area contributed by atoms with Crippen molar-refractivity contribution >= 4 is 54.6 Å². The molecule has 0 saturated heterocycles. The zero-order valence-corrected chi connectivity index (χ0v) is 11.0. The van der Waals surface area contributed by atoms with Gasteiger partial charge >= 0.3 is 6.18 Å². The van der Waals surface area contributed by atoms with Gasteiger partial charge in [-0.1, -0.05) is 12.1 Å². The Kier molecular flexibility index (Phi) is 4.16. The van der Waals surface area contributed by atoms with Gasteiger partial charge in [0.2, 0.25) is 0 Å². The molecule has 0 heterocycles. The molecule has 1 aromatic rings. The molecule has 14 heavy (non-hydrogen) atoms. The smallest absolute Gasteiger partial charge is 0.236 e. The molecule has 0 atom stereocenters. The normalized spacial score (nSPS) is 13.1. The highest BCUT2D eigenvalue weighted by molar-refractivity contribution is 14.1. The maximum atomic E-state index is 12.1. The molecule has 0 aliphatic rings. The lowest BCUT2D eigenvalue weighted by Crippen LogP contribution is -2.16. The Labute approximate surface area is 106 Å². The van der Waals surface area contributed by atoms with E-state index >= 15 is 0 Å². The zero-order valence-electron chi connectivity index (χ0n) is 6.65. The summed E-state index contributed by atoms with van der Waals surface area (Å²) in [5, 5.41) is 0. The van der Waals surface area contributed by atoms with Crippen LogP contribution in [-0.4, -0.2) is 9.89 Å². The van der Waals surface area contributed by atoms with Crippen molar-refractivity contribution in [1.82, 2.24) is 0 Å². The summed E-state index contributed by atoms with van der Waals surface area (Å²) in [7, 11) is 0. The summed E-state index contributed by atoms with van der Waals surface area (Å²) in [4.78, 5) is 3.50. The van der Waals surface area contributed by atoms with E-state index in [0.717, 1.165) is 0 Å². The van der Waals surface area contributed by atoms with Crippen LogP contribution in [0.1, 0.15) is 0 Å². The van der Waals surface area contributed by atoms with Gasteiger partial charge in [0.1, 0.15) is 0 Å². The van der Waals surface area contributed by atoms with E-state index in [-0.39, 0.29) is 0 Å². The number of hydrogen-bond donors (Lipinski definition) is 0. The van der Waals surface area contributed by atoms with Crippen molar-refractivity contribution in [2.24, 2.45) is 4.99 Å². The fraction of sp³-hybridized carbons (Fsp3) is 0.125. The first kappa shape index (κ1) is 12.2. The quantitative estimate of drug-likeness (QED) is 0.470. The van der Waals surface area contributed by atoms with Gasteiger partial charge in [0, 0.05) is 3.57 Å². The third kappa shape index (κ3) is 3.37. The van der Waals surface area contributed by atoms with Gasteiger partial charge in [-0.2, -0.15) is 13.2 Å². The minimum Gasteiger partial charge on any atom is -0.236 e. The second kappa shape index (κ2) is 4.77. The fourth-order valence-corrected chi connectivity index (χ4v) is 1.48. The van der Waals surface area contributed by atoms with Crippen LogP contribution in [0, 0.1) is 3.57 Å². The second-order valence-electron chi connectivity index (χ2n) is 2.35. The molecule has 0 saturated carbocycles. The number of hydrogen-bond acceptors (Lipinski definition) is 1. The molecule has 1 aromatic carbocycles. The third-order valence-corrected chi connectivity index (χ3v) is 3.07. The highest BCUT2D eigenvalue weighted by Crippen LogP contribution is 2.27. The van der Waals surface area contributed by atoms with Crippen LogP contribution < -0.4 is 0 Å². The van der Waals surface area contributed by atoms with Crippen LogP contribution in [-0.2, 0) is 0 Å². The van der Waals surface area contributed by atoms with Crippen LogP contribution in [0.3, 0.4) is 0 Å². The van der Waals surface area contributed by atoms with E-state index in [1.165, 1.54) is 22.6 Å². The molecule has 0 N–H and O–H groups in total. The van der Waals surface area contributed by atoms with Gasteiger partial charge in [-0.05, 0) is 57.3 Å². The van der Waals surface area contributed by atoms with Crippen molar-refractivity contribution in [2.45, 2.75) is 6.18 Å². The SMILES string of the molecule is FC(F)(F)C(I)=Nc1ccccc1I. The summed E-state index contributed by atoms with van der Waals surface area (Å²) in [5.41, 5.74) is 0.342. The van der Waals surface area contributed by atoms with Crippen molar-refractivity contribution in [1.29, 1.82) is 0 Å². The molecule has 76 valence electrons. The van der Waals surface area contributed by atoms with Gasteiger partial charge in [0.15, 0.2) is 3.72 Å². The lowest BCUT2D eigenvalue weighted by molar-refractivity contribution is -0.0544. The summed E-state index contributed by atoms with van der Waals surface area (Å²) in [6, 6.07) is 6.66. The Balaban J connectivity index is 3.04. The molecule has 0 fully saturated rings. The van der Waals surface area contributed by atoms with Crippen LogP contribution in [0.2, 0.25) is 0 Å². The summed E-state index contributed by atoms with van der Waals surface area (Å²) < 4.78 is 36.2. The molecule has 1 rings (SSSR count). The van der Waals surface area contributed by atoms with Crippen molar-refractivity contribution in [2.75, 3.05) is 0 Å². The molecule has 0 aromatic heterocycles. The minimum atomic E-state index is -4.36. The van der Waals surface area contributed by atoms with Crippen LogP contribution >= 0.6 is 45.2 Å². The van der Waals surface area contributed by atoms with Crippen LogP contribution in [0.15, 0.2) is 29.3 Å². The van der Waals surface area contributed by atoms with Crippen molar-refractivity contribution in [3.63, 3.8) is 0 Å². The second-order valence-corrected chi connectivity index (χ2v) is 4.54. The molecule has 0 spiro atoms. The van der Waals surface area contributed by atoms with Gasteiger partial charge in [0.05, 0.1) is 5.69 Å². The Morgan fingerprint density at radius 3 is 2.29 bits per heavy atom.